The molecule has 24 heavy (non-hydrogen) atoms. The molecule has 4 rings (SSSR count). The Balaban J connectivity index is 1.44. The number of hydrogen-bond donors (Lipinski definition) is 2. The Morgan fingerprint density at radius 3 is 2.71 bits per heavy atom. The Labute approximate surface area is 140 Å². The minimum Gasteiger partial charge on any atom is -0.493 e. The predicted octanol–water partition coefficient (Wildman–Crippen LogP) is 3.11. The number of nitrogens with zero attached hydrogens (tertiary/aromatic N) is 1. The van der Waals surface area contributed by atoms with E-state index in [1.807, 2.05) is 36.4 Å². The zero-order chi connectivity index (χ0) is 16.5. The lowest BCUT2D eigenvalue weighted by molar-refractivity contribution is 0.269. The van der Waals surface area contributed by atoms with Crippen molar-refractivity contribution in [3.63, 3.8) is 0 Å². The first-order valence-electron chi connectivity index (χ1n) is 8.28. The van der Waals surface area contributed by atoms with E-state index in [2.05, 4.69) is 10.3 Å². The average Bonchev–Trinajstić information content (AvgIpc) is 3.34. The van der Waals surface area contributed by atoms with Crippen molar-refractivity contribution in [2.45, 2.75) is 30.8 Å². The average molecular weight is 325 g/mol. The van der Waals surface area contributed by atoms with E-state index < -0.39 is 0 Å². The van der Waals surface area contributed by atoms with Crippen LogP contribution in [-0.4, -0.2) is 18.6 Å². The lowest BCUT2D eigenvalue weighted by Crippen LogP contribution is -2.35. The summed E-state index contributed by atoms with van der Waals surface area (Å²) in [7, 11) is 0. The molecule has 3 N–H and O–H groups in total. The number of halogens is 1. The van der Waals surface area contributed by atoms with Crippen molar-refractivity contribution in [3.05, 3.63) is 65.5 Å². The van der Waals surface area contributed by atoms with Crippen LogP contribution in [-0.2, 0) is 0 Å². The molecule has 0 amide bonds. The van der Waals surface area contributed by atoms with Crippen molar-refractivity contribution in [2.75, 3.05) is 6.61 Å². The summed E-state index contributed by atoms with van der Waals surface area (Å²) in [5.41, 5.74) is 7.90. The molecule has 0 saturated heterocycles. The maximum Gasteiger partial charge on any atom is 0.189 e. The number of para-hydroxylation sites is 1. The summed E-state index contributed by atoms with van der Waals surface area (Å²) < 4.78 is 19.5. The van der Waals surface area contributed by atoms with E-state index in [0.717, 1.165) is 29.7 Å². The standard InChI is InChI=1S/C19H20FN3O/c20-15-7-3-1-5-12(15)14-11-17(14)23-19(21)22-16-9-10-24-18-8-4-2-6-13(16)18/h1-8,14,16-17H,9-11H2,(H3,21,22,23)/t14-,16?,17+/m0/s1. The van der Waals surface area contributed by atoms with Gasteiger partial charge in [0, 0.05) is 23.9 Å². The largest absolute Gasteiger partial charge is 0.493 e. The summed E-state index contributed by atoms with van der Waals surface area (Å²) in [5.74, 6) is 1.31. The third-order valence-corrected chi connectivity index (χ3v) is 4.65. The number of nitrogens with one attached hydrogen (secondary N) is 1. The fourth-order valence-corrected chi connectivity index (χ4v) is 3.33. The van der Waals surface area contributed by atoms with E-state index in [1.54, 1.807) is 6.07 Å². The molecule has 124 valence electrons. The number of ether oxygens (including phenoxy) is 1. The second-order valence-corrected chi connectivity index (χ2v) is 6.32. The van der Waals surface area contributed by atoms with Crippen LogP contribution in [0.5, 0.6) is 5.75 Å². The van der Waals surface area contributed by atoms with Gasteiger partial charge in [-0.15, -0.1) is 0 Å². The summed E-state index contributed by atoms with van der Waals surface area (Å²) >= 11 is 0. The molecule has 4 nitrogen and oxygen atoms in total. The third kappa shape index (κ3) is 2.94. The molecule has 0 spiro atoms. The zero-order valence-electron chi connectivity index (χ0n) is 13.3. The number of nitrogens with two attached hydrogens (primary N) is 1. The van der Waals surface area contributed by atoms with Crippen LogP contribution in [0, 0.1) is 5.82 Å². The smallest absolute Gasteiger partial charge is 0.189 e. The summed E-state index contributed by atoms with van der Waals surface area (Å²) in [6, 6.07) is 15.0. The molecule has 2 aromatic carbocycles. The van der Waals surface area contributed by atoms with Crippen LogP contribution in [0.25, 0.3) is 0 Å². The van der Waals surface area contributed by atoms with Crippen molar-refractivity contribution >= 4 is 5.96 Å². The third-order valence-electron chi connectivity index (χ3n) is 4.65. The van der Waals surface area contributed by atoms with Gasteiger partial charge in [-0.1, -0.05) is 36.4 Å². The first-order valence-corrected chi connectivity index (χ1v) is 8.28. The minimum atomic E-state index is -0.152. The molecule has 1 fully saturated rings. The Bertz CT molecular complexity index is 777. The molecule has 1 aliphatic heterocycles. The fourth-order valence-electron chi connectivity index (χ4n) is 3.33. The molecule has 5 heteroatoms. The quantitative estimate of drug-likeness (QED) is 0.673. The van der Waals surface area contributed by atoms with Crippen molar-refractivity contribution in [2.24, 2.45) is 10.7 Å². The van der Waals surface area contributed by atoms with Crippen LogP contribution in [0.15, 0.2) is 53.5 Å². The molecular formula is C19H20FN3O. The maximum atomic E-state index is 13.8. The number of benzene rings is 2. The van der Waals surface area contributed by atoms with E-state index in [1.165, 1.54) is 6.07 Å². The van der Waals surface area contributed by atoms with Gasteiger partial charge in [-0.3, -0.25) is 0 Å². The molecule has 0 bridgehead atoms. The van der Waals surface area contributed by atoms with Gasteiger partial charge in [-0.2, -0.15) is 0 Å². The zero-order valence-corrected chi connectivity index (χ0v) is 13.3. The van der Waals surface area contributed by atoms with E-state index in [9.17, 15) is 4.39 Å². The highest BCUT2D eigenvalue weighted by Crippen LogP contribution is 2.42. The molecular weight excluding hydrogens is 305 g/mol. The number of aliphatic imine (C=N–C) groups is 1. The van der Waals surface area contributed by atoms with Crippen molar-refractivity contribution in [3.8, 4) is 5.75 Å². The fraction of sp³-hybridized carbons (Fsp3) is 0.316. The molecule has 0 radical (unpaired) electrons. The van der Waals surface area contributed by atoms with Gasteiger partial charge in [0.25, 0.3) is 0 Å². The van der Waals surface area contributed by atoms with Gasteiger partial charge in [-0.25, -0.2) is 9.38 Å². The van der Waals surface area contributed by atoms with Crippen LogP contribution >= 0.6 is 0 Å². The van der Waals surface area contributed by atoms with E-state index in [0.29, 0.717) is 12.6 Å². The molecule has 1 aliphatic carbocycles. The highest BCUT2D eigenvalue weighted by Gasteiger charge is 2.40. The number of rotatable bonds is 3. The van der Waals surface area contributed by atoms with Gasteiger partial charge < -0.3 is 15.8 Å². The lowest BCUT2D eigenvalue weighted by atomic mass is 10.0. The van der Waals surface area contributed by atoms with Gasteiger partial charge in [0.2, 0.25) is 0 Å². The molecule has 2 aliphatic rings. The van der Waals surface area contributed by atoms with E-state index in [4.69, 9.17) is 10.5 Å². The van der Waals surface area contributed by atoms with Gasteiger partial charge in [-0.05, 0) is 24.1 Å². The van der Waals surface area contributed by atoms with Crippen LogP contribution in [0.2, 0.25) is 0 Å². The van der Waals surface area contributed by atoms with Crippen molar-refractivity contribution in [1.82, 2.24) is 5.32 Å². The lowest BCUT2D eigenvalue weighted by Gasteiger charge is -2.23. The van der Waals surface area contributed by atoms with Gasteiger partial charge in [0.15, 0.2) is 5.96 Å². The SMILES string of the molecule is NC(=NC1CCOc2ccccc21)N[C@@H]1C[C@H]1c1ccccc1F. The van der Waals surface area contributed by atoms with E-state index >= 15 is 0 Å². The minimum absolute atomic E-state index is 0.00751. The Hall–Kier alpha value is -2.56. The van der Waals surface area contributed by atoms with Crippen LogP contribution in [0.3, 0.4) is 0 Å². The first-order chi connectivity index (χ1) is 11.7. The Kier molecular flexibility index (Phi) is 3.84. The summed E-state index contributed by atoms with van der Waals surface area (Å²) in [4.78, 5) is 4.62. The molecule has 1 saturated carbocycles. The molecule has 1 unspecified atom stereocenters. The molecule has 0 aromatic heterocycles. The molecule has 1 heterocycles. The monoisotopic (exact) mass is 325 g/mol. The predicted molar refractivity (Wildman–Crippen MR) is 91.6 cm³/mol. The van der Waals surface area contributed by atoms with Crippen molar-refractivity contribution in [1.29, 1.82) is 0 Å². The first kappa shape index (κ1) is 15.0. The molecule has 2 aromatic rings. The van der Waals surface area contributed by atoms with Crippen LogP contribution in [0.4, 0.5) is 4.39 Å². The number of fused-ring (bicyclic) bond motifs is 1. The molecule has 3 atom stereocenters. The highest BCUT2D eigenvalue weighted by molar-refractivity contribution is 5.79. The number of guanidine groups is 1. The summed E-state index contributed by atoms with van der Waals surface area (Å²) in [5, 5.41) is 3.23. The Morgan fingerprint density at radius 1 is 1.12 bits per heavy atom. The second kappa shape index (κ2) is 6.15. The Morgan fingerprint density at radius 2 is 1.88 bits per heavy atom. The summed E-state index contributed by atoms with van der Waals surface area (Å²) in [6.45, 7) is 0.639. The maximum absolute atomic E-state index is 13.8. The van der Waals surface area contributed by atoms with Crippen molar-refractivity contribution < 1.29 is 9.13 Å². The topological polar surface area (TPSA) is 59.6 Å². The van der Waals surface area contributed by atoms with Crippen LogP contribution < -0.4 is 15.8 Å². The second-order valence-electron chi connectivity index (χ2n) is 6.32. The van der Waals surface area contributed by atoms with Gasteiger partial charge >= 0.3 is 0 Å². The number of hydrogen-bond acceptors (Lipinski definition) is 2. The van der Waals surface area contributed by atoms with Gasteiger partial charge in [0.1, 0.15) is 11.6 Å². The van der Waals surface area contributed by atoms with Gasteiger partial charge in [0.05, 0.1) is 12.6 Å². The van der Waals surface area contributed by atoms with Crippen LogP contribution in [0.1, 0.15) is 35.9 Å². The highest BCUT2D eigenvalue weighted by atomic mass is 19.1. The normalized spacial score (nSPS) is 25.5. The summed E-state index contributed by atoms with van der Waals surface area (Å²) in [6.07, 6.45) is 1.68. The van der Waals surface area contributed by atoms with E-state index in [-0.39, 0.29) is 23.8 Å².